The van der Waals surface area contributed by atoms with Crippen molar-refractivity contribution in [1.82, 2.24) is 15.1 Å². The van der Waals surface area contributed by atoms with Gasteiger partial charge in [0.25, 0.3) is 0 Å². The monoisotopic (exact) mass is 277 g/mol. The van der Waals surface area contributed by atoms with Gasteiger partial charge in [-0.05, 0) is 43.9 Å². The summed E-state index contributed by atoms with van der Waals surface area (Å²) in [7, 11) is 2.07. The molecular weight excluding hydrogens is 246 g/mol. The molecule has 2 rings (SSSR count). The predicted molar refractivity (Wildman–Crippen MR) is 84.7 cm³/mol. The van der Waals surface area contributed by atoms with Gasteiger partial charge >= 0.3 is 0 Å². The molecule has 0 bridgehead atoms. The summed E-state index contributed by atoms with van der Waals surface area (Å²) in [6.07, 6.45) is 8.33. The third kappa shape index (κ3) is 3.85. The van der Waals surface area contributed by atoms with E-state index in [-0.39, 0.29) is 0 Å². The smallest absolute Gasteiger partial charge is 0.0540 e. The zero-order chi connectivity index (χ0) is 14.7. The molecule has 1 heterocycles. The first kappa shape index (κ1) is 15.6. The van der Waals surface area contributed by atoms with Crippen LogP contribution < -0.4 is 5.32 Å². The van der Waals surface area contributed by atoms with Gasteiger partial charge in [-0.15, -0.1) is 0 Å². The van der Waals surface area contributed by atoms with Crippen LogP contribution in [0.5, 0.6) is 0 Å². The van der Waals surface area contributed by atoms with E-state index in [0.29, 0.717) is 12.1 Å². The van der Waals surface area contributed by atoms with Crippen molar-refractivity contribution in [2.24, 2.45) is 18.9 Å². The van der Waals surface area contributed by atoms with Crippen LogP contribution in [0, 0.1) is 11.8 Å². The number of aryl methyl sites for hydroxylation is 1. The number of hydrogen-bond donors (Lipinski definition) is 1. The minimum Gasteiger partial charge on any atom is -0.307 e. The molecular formula is C17H31N3. The van der Waals surface area contributed by atoms with Crippen molar-refractivity contribution in [2.75, 3.05) is 0 Å². The molecule has 3 nitrogen and oxygen atoms in total. The molecule has 0 saturated carbocycles. The van der Waals surface area contributed by atoms with Gasteiger partial charge < -0.3 is 5.32 Å². The number of rotatable bonds is 6. The average Bonchev–Trinajstić information content (AvgIpc) is 2.71. The zero-order valence-corrected chi connectivity index (χ0v) is 13.8. The number of nitrogens with one attached hydrogen (secondary N) is 1. The lowest BCUT2D eigenvalue weighted by molar-refractivity contribution is 0.311. The van der Waals surface area contributed by atoms with Crippen molar-refractivity contribution in [2.45, 2.75) is 71.9 Å². The second-order valence-corrected chi connectivity index (χ2v) is 7.24. The second kappa shape index (κ2) is 6.75. The zero-order valence-electron chi connectivity index (χ0n) is 13.8. The quantitative estimate of drug-likeness (QED) is 0.856. The molecule has 0 fully saturated rings. The van der Waals surface area contributed by atoms with Gasteiger partial charge in [0, 0.05) is 30.4 Å². The van der Waals surface area contributed by atoms with Crippen LogP contribution in [-0.2, 0) is 13.5 Å². The van der Waals surface area contributed by atoms with E-state index in [1.54, 1.807) is 0 Å². The lowest BCUT2D eigenvalue weighted by atomic mass is 9.89. The summed E-state index contributed by atoms with van der Waals surface area (Å²) in [6.45, 7) is 9.30. The lowest BCUT2D eigenvalue weighted by Crippen LogP contribution is -2.36. The summed E-state index contributed by atoms with van der Waals surface area (Å²) in [5, 5.41) is 8.39. The van der Waals surface area contributed by atoms with E-state index in [0.717, 1.165) is 11.8 Å². The third-order valence-electron chi connectivity index (χ3n) is 4.32. The molecule has 1 aromatic rings. The van der Waals surface area contributed by atoms with Crippen LogP contribution in [0.15, 0.2) is 6.20 Å². The first-order chi connectivity index (χ1) is 9.47. The number of nitrogens with zero attached hydrogens (tertiary/aromatic N) is 2. The lowest BCUT2D eigenvalue weighted by Gasteiger charge is -2.30. The minimum atomic E-state index is 0.509. The highest BCUT2D eigenvalue weighted by Crippen LogP contribution is 2.30. The molecule has 3 heteroatoms. The van der Waals surface area contributed by atoms with Gasteiger partial charge in [-0.2, -0.15) is 5.10 Å². The Labute approximate surface area is 124 Å². The van der Waals surface area contributed by atoms with Crippen molar-refractivity contribution in [3.63, 3.8) is 0 Å². The summed E-state index contributed by atoms with van der Waals surface area (Å²) in [5.41, 5.74) is 2.87. The standard InChI is InChI=1S/C17H31N3/c1-12(2)9-14(10-13(3)4)19-16-7-6-8-17-15(16)11-18-20(17)5/h11-14,16,19H,6-10H2,1-5H3. The van der Waals surface area contributed by atoms with Crippen LogP contribution in [0.25, 0.3) is 0 Å². The molecule has 1 unspecified atom stereocenters. The third-order valence-corrected chi connectivity index (χ3v) is 4.32. The van der Waals surface area contributed by atoms with Crippen molar-refractivity contribution in [3.05, 3.63) is 17.5 Å². The minimum absolute atomic E-state index is 0.509. The van der Waals surface area contributed by atoms with E-state index in [2.05, 4.69) is 56.0 Å². The van der Waals surface area contributed by atoms with Crippen molar-refractivity contribution in [3.8, 4) is 0 Å². The molecule has 20 heavy (non-hydrogen) atoms. The van der Waals surface area contributed by atoms with E-state index in [1.165, 1.54) is 43.4 Å². The predicted octanol–water partition coefficient (Wildman–Crippen LogP) is 3.85. The fraction of sp³-hybridized carbons (Fsp3) is 0.824. The maximum atomic E-state index is 4.45. The van der Waals surface area contributed by atoms with E-state index in [4.69, 9.17) is 0 Å². The number of aromatic nitrogens is 2. The van der Waals surface area contributed by atoms with Crippen LogP contribution in [0.3, 0.4) is 0 Å². The van der Waals surface area contributed by atoms with E-state index in [1.807, 2.05) is 0 Å². The highest BCUT2D eigenvalue weighted by molar-refractivity contribution is 5.24. The summed E-state index contributed by atoms with van der Waals surface area (Å²) >= 11 is 0. The Morgan fingerprint density at radius 2 is 1.90 bits per heavy atom. The Balaban J connectivity index is 2.07. The van der Waals surface area contributed by atoms with Crippen molar-refractivity contribution >= 4 is 0 Å². The number of hydrogen-bond acceptors (Lipinski definition) is 2. The normalized spacial score (nSPS) is 19.1. The Bertz CT molecular complexity index is 410. The largest absolute Gasteiger partial charge is 0.307 e. The van der Waals surface area contributed by atoms with Crippen LogP contribution in [0.4, 0.5) is 0 Å². The molecule has 0 saturated heterocycles. The van der Waals surface area contributed by atoms with Gasteiger partial charge in [0.1, 0.15) is 0 Å². The summed E-state index contributed by atoms with van der Waals surface area (Å²) in [4.78, 5) is 0. The fourth-order valence-corrected chi connectivity index (χ4v) is 3.53. The van der Waals surface area contributed by atoms with Crippen molar-refractivity contribution < 1.29 is 0 Å². The SMILES string of the molecule is CC(C)CC(CC(C)C)NC1CCCc2c1cnn2C. The molecule has 1 atom stereocenters. The highest BCUT2D eigenvalue weighted by Gasteiger charge is 2.26. The Kier molecular flexibility index (Phi) is 5.25. The van der Waals surface area contributed by atoms with E-state index < -0.39 is 0 Å². The Morgan fingerprint density at radius 1 is 1.25 bits per heavy atom. The van der Waals surface area contributed by atoms with Gasteiger partial charge in [-0.1, -0.05) is 27.7 Å². The van der Waals surface area contributed by atoms with E-state index in [9.17, 15) is 0 Å². The van der Waals surface area contributed by atoms with Gasteiger partial charge in [0.2, 0.25) is 0 Å². The molecule has 114 valence electrons. The van der Waals surface area contributed by atoms with Crippen LogP contribution in [0.1, 0.15) is 70.7 Å². The molecule has 1 N–H and O–H groups in total. The first-order valence-electron chi connectivity index (χ1n) is 8.24. The maximum absolute atomic E-state index is 4.45. The molecule has 0 spiro atoms. The van der Waals surface area contributed by atoms with Gasteiger partial charge in [-0.25, -0.2) is 0 Å². The molecule has 0 aromatic carbocycles. The molecule has 1 aliphatic carbocycles. The first-order valence-corrected chi connectivity index (χ1v) is 8.24. The molecule has 1 aromatic heterocycles. The fourth-order valence-electron chi connectivity index (χ4n) is 3.53. The molecule has 1 aliphatic rings. The molecule has 0 radical (unpaired) electrons. The van der Waals surface area contributed by atoms with Crippen molar-refractivity contribution in [1.29, 1.82) is 0 Å². The van der Waals surface area contributed by atoms with Crippen LogP contribution >= 0.6 is 0 Å². The van der Waals surface area contributed by atoms with Crippen LogP contribution in [0.2, 0.25) is 0 Å². The number of fused-ring (bicyclic) bond motifs is 1. The topological polar surface area (TPSA) is 29.9 Å². The second-order valence-electron chi connectivity index (χ2n) is 7.24. The van der Waals surface area contributed by atoms with Gasteiger partial charge in [-0.3, -0.25) is 4.68 Å². The van der Waals surface area contributed by atoms with Crippen LogP contribution in [-0.4, -0.2) is 15.8 Å². The summed E-state index contributed by atoms with van der Waals surface area (Å²) in [6, 6.07) is 1.14. The molecule has 0 amide bonds. The summed E-state index contributed by atoms with van der Waals surface area (Å²) in [5.74, 6) is 1.51. The summed E-state index contributed by atoms with van der Waals surface area (Å²) < 4.78 is 2.06. The Morgan fingerprint density at radius 3 is 2.50 bits per heavy atom. The Hall–Kier alpha value is -0.830. The molecule has 0 aliphatic heterocycles. The average molecular weight is 277 g/mol. The maximum Gasteiger partial charge on any atom is 0.0540 e. The van der Waals surface area contributed by atoms with Gasteiger partial charge in [0.15, 0.2) is 0 Å². The van der Waals surface area contributed by atoms with E-state index >= 15 is 0 Å². The van der Waals surface area contributed by atoms with Gasteiger partial charge in [0.05, 0.1) is 6.20 Å². The highest BCUT2D eigenvalue weighted by atomic mass is 15.3.